The highest BCUT2D eigenvalue weighted by atomic mass is 16.2. The van der Waals surface area contributed by atoms with Gasteiger partial charge in [-0.25, -0.2) is 5.01 Å². The van der Waals surface area contributed by atoms with E-state index in [0.717, 1.165) is 35.0 Å². The number of piperidine rings is 1. The molecule has 1 atom stereocenters. The Labute approximate surface area is 196 Å². The van der Waals surface area contributed by atoms with Crippen LogP contribution < -0.4 is 0 Å². The molecule has 6 nitrogen and oxygen atoms in total. The topological polar surface area (TPSA) is 59.6 Å². The fourth-order valence-corrected chi connectivity index (χ4v) is 4.92. The van der Waals surface area contributed by atoms with E-state index in [1.54, 1.807) is 5.01 Å². The smallest absolute Gasteiger partial charge is 0.244 e. The average molecular weight is 447 g/mol. The monoisotopic (exact) mass is 446 g/mol. The van der Waals surface area contributed by atoms with Gasteiger partial charge >= 0.3 is 0 Å². The fourth-order valence-electron chi connectivity index (χ4n) is 4.92. The van der Waals surface area contributed by atoms with Crippen LogP contribution in [0.2, 0.25) is 0 Å². The number of benzene rings is 2. The molecule has 1 saturated heterocycles. The van der Waals surface area contributed by atoms with Gasteiger partial charge in [0.1, 0.15) is 0 Å². The van der Waals surface area contributed by atoms with Crippen LogP contribution in [0.25, 0.3) is 10.9 Å². The van der Waals surface area contributed by atoms with Crippen LogP contribution in [0.1, 0.15) is 30.5 Å². The van der Waals surface area contributed by atoms with Gasteiger partial charge in [0.05, 0.1) is 5.41 Å². The van der Waals surface area contributed by atoms with Gasteiger partial charge in [-0.05, 0) is 48.8 Å². The van der Waals surface area contributed by atoms with Gasteiger partial charge in [0, 0.05) is 51.9 Å². The maximum absolute atomic E-state index is 13.7. The van der Waals surface area contributed by atoms with E-state index in [-0.39, 0.29) is 11.8 Å². The number of carbonyl (C=O) groups excluding carboxylic acids is 2. The van der Waals surface area contributed by atoms with E-state index in [1.165, 1.54) is 0 Å². The van der Waals surface area contributed by atoms with E-state index >= 15 is 0 Å². The zero-order valence-electron chi connectivity index (χ0n) is 19.9. The predicted octanol–water partition coefficient (Wildman–Crippen LogP) is 3.89. The Hall–Kier alpha value is -3.12. The Balaban J connectivity index is 1.50. The molecule has 0 aliphatic carbocycles. The van der Waals surface area contributed by atoms with Crippen molar-refractivity contribution in [2.45, 2.75) is 32.1 Å². The van der Waals surface area contributed by atoms with Crippen LogP contribution in [0.5, 0.6) is 0 Å². The number of para-hydroxylation sites is 1. The van der Waals surface area contributed by atoms with Crippen LogP contribution in [-0.4, -0.2) is 65.9 Å². The largest absolute Gasteiger partial charge is 0.358 e. The normalized spacial score (nSPS) is 18.6. The molecule has 2 amide bonds. The van der Waals surface area contributed by atoms with Crippen molar-refractivity contribution in [3.8, 4) is 0 Å². The molecule has 33 heavy (non-hydrogen) atoms. The summed E-state index contributed by atoms with van der Waals surface area (Å²) in [7, 11) is 5.56. The second-order valence-corrected chi connectivity index (χ2v) is 9.42. The second-order valence-electron chi connectivity index (χ2n) is 9.42. The van der Waals surface area contributed by atoms with Crippen molar-refractivity contribution < 1.29 is 9.59 Å². The van der Waals surface area contributed by atoms with Crippen molar-refractivity contribution in [3.63, 3.8) is 0 Å². The summed E-state index contributed by atoms with van der Waals surface area (Å²) in [4.78, 5) is 32.2. The lowest BCUT2D eigenvalue weighted by molar-refractivity contribution is -0.158. The third-order valence-electron chi connectivity index (χ3n) is 6.86. The Morgan fingerprint density at radius 3 is 2.48 bits per heavy atom. The summed E-state index contributed by atoms with van der Waals surface area (Å²) in [5.74, 6) is 0.190. The van der Waals surface area contributed by atoms with Crippen LogP contribution in [0.15, 0.2) is 60.7 Å². The number of hydrazine groups is 1. The van der Waals surface area contributed by atoms with Crippen LogP contribution in [0.4, 0.5) is 0 Å². The quantitative estimate of drug-likeness (QED) is 0.560. The summed E-state index contributed by atoms with van der Waals surface area (Å²) in [5.41, 5.74) is 2.68. The van der Waals surface area contributed by atoms with Gasteiger partial charge < -0.3 is 9.88 Å². The van der Waals surface area contributed by atoms with E-state index in [1.807, 2.05) is 61.4 Å². The molecule has 1 aliphatic rings. The third kappa shape index (κ3) is 5.11. The van der Waals surface area contributed by atoms with E-state index in [4.69, 9.17) is 0 Å². The number of aromatic nitrogens is 1. The van der Waals surface area contributed by atoms with Gasteiger partial charge in [0.25, 0.3) is 0 Å². The number of hydrogen-bond donors (Lipinski definition) is 1. The summed E-state index contributed by atoms with van der Waals surface area (Å²) in [6, 6.07) is 20.4. The standard InChI is InChI=1S/C27H34N4O2/c1-29(2)30(3)26(33)27(19-21-10-5-4-6-11-21)16-9-17-31(20-27)25(32)15-14-23-18-22-12-7-8-13-24(22)28-23/h4-8,10-13,18,28H,9,14-17,19-20H2,1-3H3/t27-/m1/s1. The van der Waals surface area contributed by atoms with Gasteiger partial charge in [-0.15, -0.1) is 0 Å². The number of nitrogens with one attached hydrogen (secondary N) is 1. The molecular formula is C27H34N4O2. The van der Waals surface area contributed by atoms with Gasteiger partial charge in [-0.1, -0.05) is 48.5 Å². The van der Waals surface area contributed by atoms with E-state index in [2.05, 4.69) is 35.3 Å². The lowest BCUT2D eigenvalue weighted by Gasteiger charge is -2.44. The molecule has 174 valence electrons. The van der Waals surface area contributed by atoms with E-state index in [9.17, 15) is 9.59 Å². The fraction of sp³-hybridized carbons (Fsp3) is 0.407. The molecule has 1 N–H and O–H groups in total. The molecule has 0 radical (unpaired) electrons. The highest BCUT2D eigenvalue weighted by Crippen LogP contribution is 2.36. The Bertz CT molecular complexity index is 1070. The van der Waals surface area contributed by atoms with Crippen LogP contribution >= 0.6 is 0 Å². The lowest BCUT2D eigenvalue weighted by atomic mass is 9.74. The number of hydrogen-bond acceptors (Lipinski definition) is 3. The first kappa shape index (κ1) is 23.1. The number of fused-ring (bicyclic) bond motifs is 1. The first-order chi connectivity index (χ1) is 15.9. The number of H-pyrrole nitrogens is 1. The number of nitrogens with zero attached hydrogens (tertiary/aromatic N) is 3. The maximum atomic E-state index is 13.7. The summed E-state index contributed by atoms with van der Waals surface area (Å²) in [6.45, 7) is 1.17. The SMILES string of the molecule is CN(C)N(C)C(=O)[C@@]1(Cc2ccccc2)CCCN(C(=O)CCc2cc3ccccc3[nH]2)C1. The number of aromatic amines is 1. The molecule has 1 aromatic heterocycles. The predicted molar refractivity (Wildman–Crippen MR) is 131 cm³/mol. The Morgan fingerprint density at radius 2 is 1.76 bits per heavy atom. The molecule has 2 aromatic carbocycles. The number of likely N-dealkylation sites (tertiary alicyclic amines) is 1. The van der Waals surface area contributed by atoms with Crippen molar-refractivity contribution >= 4 is 22.7 Å². The minimum atomic E-state index is -0.616. The first-order valence-electron chi connectivity index (χ1n) is 11.7. The second kappa shape index (κ2) is 9.79. The Morgan fingerprint density at radius 1 is 1.03 bits per heavy atom. The number of amides is 2. The van der Waals surface area contributed by atoms with Gasteiger partial charge in [0.2, 0.25) is 11.8 Å². The molecule has 0 unspecified atom stereocenters. The molecule has 0 bridgehead atoms. The van der Waals surface area contributed by atoms with Gasteiger partial charge in [-0.3, -0.25) is 14.6 Å². The minimum Gasteiger partial charge on any atom is -0.358 e. The Kier molecular flexibility index (Phi) is 6.84. The molecule has 3 aromatic rings. The molecule has 1 aliphatic heterocycles. The van der Waals surface area contributed by atoms with Crippen LogP contribution in [-0.2, 0) is 22.4 Å². The number of rotatable bonds is 7. The van der Waals surface area contributed by atoms with Crippen molar-refractivity contribution in [2.75, 3.05) is 34.2 Å². The highest BCUT2D eigenvalue weighted by Gasteiger charge is 2.45. The molecular weight excluding hydrogens is 412 g/mol. The number of carbonyl (C=O) groups is 2. The summed E-state index contributed by atoms with van der Waals surface area (Å²) in [6.07, 6.45) is 3.35. The van der Waals surface area contributed by atoms with Crippen LogP contribution in [0.3, 0.4) is 0 Å². The lowest BCUT2D eigenvalue weighted by Crippen LogP contribution is -2.56. The summed E-state index contributed by atoms with van der Waals surface area (Å²) < 4.78 is 0. The summed E-state index contributed by atoms with van der Waals surface area (Å²) >= 11 is 0. The van der Waals surface area contributed by atoms with Gasteiger partial charge in [0.15, 0.2) is 0 Å². The highest BCUT2D eigenvalue weighted by molar-refractivity contribution is 5.85. The molecule has 4 rings (SSSR count). The van der Waals surface area contributed by atoms with Crippen molar-refractivity contribution in [1.29, 1.82) is 0 Å². The maximum Gasteiger partial charge on any atom is 0.244 e. The van der Waals surface area contributed by atoms with E-state index in [0.29, 0.717) is 32.4 Å². The molecule has 0 saturated carbocycles. The van der Waals surface area contributed by atoms with Gasteiger partial charge in [-0.2, -0.15) is 0 Å². The molecule has 6 heteroatoms. The van der Waals surface area contributed by atoms with Crippen molar-refractivity contribution in [1.82, 2.24) is 19.9 Å². The minimum absolute atomic E-state index is 0.0736. The first-order valence-corrected chi connectivity index (χ1v) is 11.7. The van der Waals surface area contributed by atoms with E-state index < -0.39 is 5.41 Å². The molecule has 1 fully saturated rings. The third-order valence-corrected chi connectivity index (χ3v) is 6.86. The molecule has 0 spiro atoms. The molecule has 2 heterocycles. The zero-order chi connectivity index (χ0) is 23.4. The summed E-state index contributed by atoms with van der Waals surface area (Å²) in [5, 5.41) is 4.66. The van der Waals surface area contributed by atoms with Crippen molar-refractivity contribution in [2.24, 2.45) is 5.41 Å². The zero-order valence-corrected chi connectivity index (χ0v) is 19.9. The van der Waals surface area contributed by atoms with Crippen molar-refractivity contribution in [3.05, 3.63) is 71.9 Å². The average Bonchev–Trinajstić information content (AvgIpc) is 3.25. The number of aryl methyl sites for hydroxylation is 1. The van der Waals surface area contributed by atoms with Crippen LogP contribution in [0, 0.1) is 5.41 Å².